The number of hydrogen-bond acceptors (Lipinski definition) is 1. The SMILES string of the molecule is CCNC(c1cc(F)ccc1Cl)C1(C)CCCC1. The molecule has 2 rings (SSSR count). The zero-order valence-corrected chi connectivity index (χ0v) is 11.9. The molecule has 1 nitrogen and oxygen atoms in total. The van der Waals surface area contributed by atoms with E-state index in [1.807, 2.05) is 0 Å². The minimum absolute atomic E-state index is 0.146. The summed E-state index contributed by atoms with van der Waals surface area (Å²) in [5.74, 6) is -0.209. The zero-order chi connectivity index (χ0) is 13.2. The summed E-state index contributed by atoms with van der Waals surface area (Å²) in [6, 6.07) is 4.81. The van der Waals surface area contributed by atoms with E-state index in [0.717, 1.165) is 12.1 Å². The van der Waals surface area contributed by atoms with E-state index in [4.69, 9.17) is 11.6 Å². The summed E-state index contributed by atoms with van der Waals surface area (Å²) in [6.45, 7) is 5.24. The van der Waals surface area contributed by atoms with Gasteiger partial charge in [0, 0.05) is 11.1 Å². The van der Waals surface area contributed by atoms with Crippen LogP contribution in [0.3, 0.4) is 0 Å². The van der Waals surface area contributed by atoms with Crippen LogP contribution in [0.4, 0.5) is 4.39 Å². The highest BCUT2D eigenvalue weighted by Gasteiger charge is 2.38. The van der Waals surface area contributed by atoms with Gasteiger partial charge >= 0.3 is 0 Å². The molecule has 0 bridgehead atoms. The van der Waals surface area contributed by atoms with Gasteiger partial charge in [-0.15, -0.1) is 0 Å². The average molecular weight is 270 g/mol. The third-order valence-electron chi connectivity index (χ3n) is 4.12. The van der Waals surface area contributed by atoms with Crippen LogP contribution in [-0.2, 0) is 0 Å². The third kappa shape index (κ3) is 2.70. The second kappa shape index (κ2) is 5.58. The normalized spacial score (nSPS) is 20.0. The Morgan fingerprint density at radius 2 is 2.06 bits per heavy atom. The van der Waals surface area contributed by atoms with E-state index in [9.17, 15) is 4.39 Å². The highest BCUT2D eigenvalue weighted by Crippen LogP contribution is 2.48. The molecule has 1 aromatic rings. The lowest BCUT2D eigenvalue weighted by atomic mass is 9.77. The fraction of sp³-hybridized carbons (Fsp3) is 0.600. The van der Waals surface area contributed by atoms with Gasteiger partial charge in [-0.1, -0.05) is 38.3 Å². The van der Waals surface area contributed by atoms with E-state index >= 15 is 0 Å². The van der Waals surface area contributed by atoms with E-state index in [1.165, 1.54) is 31.7 Å². The van der Waals surface area contributed by atoms with Crippen molar-refractivity contribution in [3.8, 4) is 0 Å². The molecule has 0 saturated heterocycles. The molecule has 1 fully saturated rings. The fourth-order valence-corrected chi connectivity index (χ4v) is 3.37. The molecule has 0 aromatic heterocycles. The first-order valence-corrected chi connectivity index (χ1v) is 7.13. The predicted octanol–water partition coefficient (Wildman–Crippen LogP) is 4.71. The van der Waals surface area contributed by atoms with Crippen LogP contribution >= 0.6 is 11.6 Å². The van der Waals surface area contributed by atoms with Gasteiger partial charge in [0.25, 0.3) is 0 Å². The Balaban J connectivity index is 2.37. The van der Waals surface area contributed by atoms with E-state index in [-0.39, 0.29) is 17.3 Å². The second-order valence-electron chi connectivity index (χ2n) is 5.52. The van der Waals surface area contributed by atoms with Gasteiger partial charge in [-0.25, -0.2) is 4.39 Å². The van der Waals surface area contributed by atoms with Gasteiger partial charge in [0.1, 0.15) is 5.82 Å². The first kappa shape index (κ1) is 13.8. The van der Waals surface area contributed by atoms with E-state index in [1.54, 1.807) is 12.1 Å². The van der Waals surface area contributed by atoms with Crippen LogP contribution in [0.1, 0.15) is 51.1 Å². The first-order valence-electron chi connectivity index (χ1n) is 6.75. The minimum Gasteiger partial charge on any atom is -0.310 e. The summed E-state index contributed by atoms with van der Waals surface area (Å²) in [4.78, 5) is 0. The lowest BCUT2D eigenvalue weighted by Gasteiger charge is -2.35. The van der Waals surface area contributed by atoms with E-state index in [0.29, 0.717) is 5.02 Å². The molecular formula is C15H21ClFN. The maximum absolute atomic E-state index is 13.5. The Morgan fingerprint density at radius 1 is 1.39 bits per heavy atom. The maximum Gasteiger partial charge on any atom is 0.123 e. The minimum atomic E-state index is -0.209. The van der Waals surface area contributed by atoms with Crippen LogP contribution < -0.4 is 5.32 Å². The summed E-state index contributed by atoms with van der Waals surface area (Å²) in [7, 11) is 0. The molecule has 1 saturated carbocycles. The Morgan fingerprint density at radius 3 is 2.67 bits per heavy atom. The van der Waals surface area contributed by atoms with Gasteiger partial charge in [-0.2, -0.15) is 0 Å². The molecule has 1 aliphatic carbocycles. The van der Waals surface area contributed by atoms with Crippen LogP contribution in [0.25, 0.3) is 0 Å². The van der Waals surface area contributed by atoms with Gasteiger partial charge in [-0.05, 0) is 48.6 Å². The molecular weight excluding hydrogens is 249 g/mol. The molecule has 1 aromatic carbocycles. The van der Waals surface area contributed by atoms with Gasteiger partial charge in [0.2, 0.25) is 0 Å². The van der Waals surface area contributed by atoms with Crippen LogP contribution in [-0.4, -0.2) is 6.54 Å². The number of rotatable bonds is 4. The van der Waals surface area contributed by atoms with Crippen molar-refractivity contribution in [1.29, 1.82) is 0 Å². The van der Waals surface area contributed by atoms with Gasteiger partial charge in [-0.3, -0.25) is 0 Å². The smallest absolute Gasteiger partial charge is 0.123 e. The topological polar surface area (TPSA) is 12.0 Å². The second-order valence-corrected chi connectivity index (χ2v) is 5.92. The molecule has 0 spiro atoms. The average Bonchev–Trinajstić information content (AvgIpc) is 2.77. The summed E-state index contributed by atoms with van der Waals surface area (Å²) >= 11 is 6.26. The first-order chi connectivity index (χ1) is 8.57. The van der Waals surface area contributed by atoms with Crippen molar-refractivity contribution in [3.05, 3.63) is 34.6 Å². The molecule has 0 heterocycles. The van der Waals surface area contributed by atoms with E-state index < -0.39 is 0 Å². The highest BCUT2D eigenvalue weighted by molar-refractivity contribution is 6.31. The third-order valence-corrected chi connectivity index (χ3v) is 4.46. The van der Waals surface area contributed by atoms with Gasteiger partial charge in [0.05, 0.1) is 0 Å². The molecule has 18 heavy (non-hydrogen) atoms. The predicted molar refractivity (Wildman–Crippen MR) is 74.4 cm³/mol. The number of hydrogen-bond donors (Lipinski definition) is 1. The van der Waals surface area contributed by atoms with Gasteiger partial charge in [0.15, 0.2) is 0 Å². The monoisotopic (exact) mass is 269 g/mol. The molecule has 0 radical (unpaired) electrons. The lowest BCUT2D eigenvalue weighted by Crippen LogP contribution is -2.34. The lowest BCUT2D eigenvalue weighted by molar-refractivity contribution is 0.226. The Hall–Kier alpha value is -0.600. The van der Waals surface area contributed by atoms with Crippen molar-refractivity contribution in [2.45, 2.75) is 45.6 Å². The molecule has 0 aliphatic heterocycles. The summed E-state index contributed by atoms with van der Waals surface area (Å²) in [6.07, 6.45) is 4.87. The fourth-order valence-electron chi connectivity index (χ4n) is 3.14. The summed E-state index contributed by atoms with van der Waals surface area (Å²) in [5.41, 5.74) is 1.09. The van der Waals surface area contributed by atoms with Gasteiger partial charge < -0.3 is 5.32 Å². The number of halogens is 2. The highest BCUT2D eigenvalue weighted by atomic mass is 35.5. The molecule has 1 aliphatic rings. The van der Waals surface area contributed by atoms with Crippen LogP contribution in [0, 0.1) is 11.2 Å². The van der Waals surface area contributed by atoms with Crippen molar-refractivity contribution in [2.24, 2.45) is 5.41 Å². The number of nitrogens with one attached hydrogen (secondary N) is 1. The largest absolute Gasteiger partial charge is 0.310 e. The quantitative estimate of drug-likeness (QED) is 0.835. The van der Waals surface area contributed by atoms with E-state index in [2.05, 4.69) is 19.2 Å². The van der Waals surface area contributed by atoms with Crippen LogP contribution in [0.5, 0.6) is 0 Å². The molecule has 3 heteroatoms. The molecule has 0 amide bonds. The maximum atomic E-state index is 13.5. The summed E-state index contributed by atoms with van der Waals surface area (Å²) in [5, 5.41) is 4.16. The molecule has 1 atom stereocenters. The Kier molecular flexibility index (Phi) is 4.29. The summed E-state index contributed by atoms with van der Waals surface area (Å²) < 4.78 is 13.5. The van der Waals surface area contributed by atoms with Crippen molar-refractivity contribution < 1.29 is 4.39 Å². The van der Waals surface area contributed by atoms with Crippen molar-refractivity contribution in [2.75, 3.05) is 6.54 Å². The van der Waals surface area contributed by atoms with Crippen LogP contribution in [0.15, 0.2) is 18.2 Å². The van der Waals surface area contributed by atoms with Crippen molar-refractivity contribution >= 4 is 11.6 Å². The molecule has 1 N–H and O–H groups in total. The molecule has 100 valence electrons. The zero-order valence-electron chi connectivity index (χ0n) is 11.1. The molecule has 1 unspecified atom stereocenters. The van der Waals surface area contributed by atoms with Crippen LogP contribution in [0.2, 0.25) is 5.02 Å². The number of benzene rings is 1. The Labute approximate surface area is 114 Å². The van der Waals surface area contributed by atoms with Crippen molar-refractivity contribution in [1.82, 2.24) is 5.32 Å². The Bertz CT molecular complexity index is 413. The standard InChI is InChI=1S/C15H21ClFN/c1-3-18-14(15(2)8-4-5-9-15)12-10-11(17)6-7-13(12)16/h6-7,10,14,18H,3-5,8-9H2,1-2H3. The van der Waals surface area contributed by atoms with Crippen molar-refractivity contribution in [3.63, 3.8) is 0 Å².